The van der Waals surface area contributed by atoms with Crippen LogP contribution in [0.5, 0.6) is 5.75 Å². The summed E-state index contributed by atoms with van der Waals surface area (Å²) in [5.74, 6) is 0.0331. The normalized spacial score (nSPS) is 10.5. The molecule has 0 atom stereocenters. The number of nitrogens with one attached hydrogen (secondary N) is 3. The molecule has 0 aliphatic rings. The molecule has 2 amide bonds. The largest absolute Gasteiger partial charge is 0.497 e. The highest BCUT2D eigenvalue weighted by atomic mass is 16.5. The van der Waals surface area contributed by atoms with Crippen molar-refractivity contribution in [2.24, 2.45) is 0 Å². The molecule has 2 aromatic carbocycles. The van der Waals surface area contributed by atoms with Gasteiger partial charge in [-0.1, -0.05) is 12.1 Å². The van der Waals surface area contributed by atoms with E-state index in [2.05, 4.69) is 16.0 Å². The van der Waals surface area contributed by atoms with Crippen LogP contribution in [0.1, 0.15) is 12.5 Å². The van der Waals surface area contributed by atoms with Gasteiger partial charge in [0.2, 0.25) is 5.91 Å². The van der Waals surface area contributed by atoms with E-state index in [0.717, 1.165) is 11.3 Å². The summed E-state index contributed by atoms with van der Waals surface area (Å²) in [6.07, 6.45) is 1.38. The molecule has 0 aromatic heterocycles. The Morgan fingerprint density at radius 1 is 1.11 bits per heavy atom. The maximum Gasteiger partial charge on any atom is 0.267 e. The van der Waals surface area contributed by atoms with Crippen molar-refractivity contribution in [1.29, 1.82) is 5.26 Å². The summed E-state index contributed by atoms with van der Waals surface area (Å²) in [6.45, 7) is 1.86. The zero-order valence-corrected chi connectivity index (χ0v) is 15.1. The molecule has 7 heteroatoms. The molecule has 0 saturated carbocycles. The van der Waals surface area contributed by atoms with Gasteiger partial charge in [-0.25, -0.2) is 0 Å². The van der Waals surface area contributed by atoms with Crippen molar-refractivity contribution in [3.63, 3.8) is 0 Å². The molecule has 0 unspecified atom stereocenters. The second kappa shape index (κ2) is 9.63. The Kier molecular flexibility index (Phi) is 6.97. The third kappa shape index (κ3) is 6.21. The Balaban J connectivity index is 1.95. The Morgan fingerprint density at radius 3 is 2.37 bits per heavy atom. The average Bonchev–Trinajstić information content (AvgIpc) is 2.66. The van der Waals surface area contributed by atoms with E-state index >= 15 is 0 Å². The van der Waals surface area contributed by atoms with Crippen molar-refractivity contribution >= 4 is 23.2 Å². The van der Waals surface area contributed by atoms with Crippen molar-refractivity contribution in [3.8, 4) is 11.8 Å². The lowest BCUT2D eigenvalue weighted by Crippen LogP contribution is -2.16. The Labute approximate surface area is 157 Å². The van der Waals surface area contributed by atoms with Crippen molar-refractivity contribution < 1.29 is 14.3 Å². The second-order valence-corrected chi connectivity index (χ2v) is 5.61. The molecule has 0 radical (unpaired) electrons. The average molecular weight is 364 g/mol. The van der Waals surface area contributed by atoms with Crippen molar-refractivity contribution in [3.05, 3.63) is 65.9 Å². The summed E-state index contributed by atoms with van der Waals surface area (Å²) in [4.78, 5) is 23.2. The van der Waals surface area contributed by atoms with E-state index in [4.69, 9.17) is 4.74 Å². The van der Waals surface area contributed by atoms with E-state index < -0.39 is 5.91 Å². The molecule has 138 valence electrons. The quantitative estimate of drug-likeness (QED) is 0.518. The number of amides is 2. The van der Waals surface area contributed by atoms with E-state index in [-0.39, 0.29) is 11.5 Å². The number of methoxy groups -OCH3 is 1. The van der Waals surface area contributed by atoms with Crippen LogP contribution in [-0.4, -0.2) is 18.9 Å². The monoisotopic (exact) mass is 364 g/mol. The smallest absolute Gasteiger partial charge is 0.267 e. The fourth-order valence-electron chi connectivity index (χ4n) is 2.24. The van der Waals surface area contributed by atoms with Crippen molar-refractivity contribution in [2.45, 2.75) is 13.5 Å². The number of carbonyl (C=O) groups excluding carboxylic acids is 2. The van der Waals surface area contributed by atoms with E-state index in [0.29, 0.717) is 17.9 Å². The Morgan fingerprint density at radius 2 is 1.78 bits per heavy atom. The van der Waals surface area contributed by atoms with Crippen LogP contribution in [0.25, 0.3) is 0 Å². The zero-order chi connectivity index (χ0) is 19.6. The van der Waals surface area contributed by atoms with Crippen molar-refractivity contribution in [1.82, 2.24) is 5.32 Å². The molecule has 2 rings (SSSR count). The number of hydrogen-bond acceptors (Lipinski definition) is 5. The highest BCUT2D eigenvalue weighted by Gasteiger charge is 2.09. The molecular formula is C20H20N4O3. The minimum Gasteiger partial charge on any atom is -0.497 e. The predicted molar refractivity (Wildman–Crippen MR) is 103 cm³/mol. The summed E-state index contributed by atoms with van der Waals surface area (Å²) in [7, 11) is 1.59. The number of nitriles is 1. The number of carbonyl (C=O) groups is 2. The maximum atomic E-state index is 12.2. The van der Waals surface area contributed by atoms with Crippen LogP contribution in [-0.2, 0) is 16.1 Å². The van der Waals surface area contributed by atoms with Gasteiger partial charge in [-0.3, -0.25) is 9.59 Å². The molecular weight excluding hydrogens is 344 g/mol. The Bertz CT molecular complexity index is 883. The molecule has 0 bridgehead atoms. The molecule has 7 nitrogen and oxygen atoms in total. The lowest BCUT2D eigenvalue weighted by molar-refractivity contribution is -0.114. The fraction of sp³-hybridized carbons (Fsp3) is 0.150. The third-order valence-electron chi connectivity index (χ3n) is 3.51. The minimum absolute atomic E-state index is 0.0520. The van der Waals surface area contributed by atoms with Gasteiger partial charge in [0.25, 0.3) is 5.91 Å². The molecule has 2 aromatic rings. The van der Waals surface area contributed by atoms with Crippen LogP contribution >= 0.6 is 0 Å². The molecule has 0 saturated heterocycles. The zero-order valence-electron chi connectivity index (χ0n) is 15.1. The molecule has 0 fully saturated rings. The van der Waals surface area contributed by atoms with Gasteiger partial charge in [-0.05, 0) is 42.0 Å². The molecule has 0 aliphatic heterocycles. The number of nitrogens with zero attached hydrogens (tertiary/aromatic N) is 1. The van der Waals surface area contributed by atoms with Gasteiger partial charge in [0.1, 0.15) is 17.4 Å². The van der Waals surface area contributed by atoms with Crippen molar-refractivity contribution in [2.75, 3.05) is 17.7 Å². The second-order valence-electron chi connectivity index (χ2n) is 5.61. The molecule has 0 aliphatic carbocycles. The number of anilines is 2. The van der Waals surface area contributed by atoms with E-state index in [1.54, 1.807) is 31.4 Å². The topological polar surface area (TPSA) is 103 Å². The van der Waals surface area contributed by atoms with Crippen LogP contribution in [0.4, 0.5) is 11.4 Å². The lowest BCUT2D eigenvalue weighted by Gasteiger charge is -2.07. The molecule has 27 heavy (non-hydrogen) atoms. The maximum absolute atomic E-state index is 12.2. The van der Waals surface area contributed by atoms with Gasteiger partial charge < -0.3 is 20.7 Å². The van der Waals surface area contributed by atoms with Gasteiger partial charge in [0.15, 0.2) is 0 Å². The minimum atomic E-state index is -0.525. The summed E-state index contributed by atoms with van der Waals surface area (Å²) >= 11 is 0. The number of rotatable bonds is 7. The van der Waals surface area contributed by atoms with E-state index in [9.17, 15) is 14.9 Å². The van der Waals surface area contributed by atoms with Gasteiger partial charge in [0.05, 0.1) is 7.11 Å². The first kappa shape index (κ1) is 19.5. The highest BCUT2D eigenvalue weighted by molar-refractivity contribution is 6.06. The summed E-state index contributed by atoms with van der Waals surface area (Å²) in [6, 6.07) is 16.0. The number of hydrogen-bond donors (Lipinski definition) is 3. The highest BCUT2D eigenvalue weighted by Crippen LogP contribution is 2.15. The van der Waals surface area contributed by atoms with Gasteiger partial charge in [-0.2, -0.15) is 5.26 Å². The molecule has 0 spiro atoms. The summed E-state index contributed by atoms with van der Waals surface area (Å²) < 4.78 is 5.15. The Hall–Kier alpha value is -3.79. The number of benzene rings is 2. The lowest BCUT2D eigenvalue weighted by atomic mass is 10.2. The van der Waals surface area contributed by atoms with Crippen LogP contribution in [0.3, 0.4) is 0 Å². The van der Waals surface area contributed by atoms with Crippen LogP contribution in [0.15, 0.2) is 60.3 Å². The standard InChI is InChI=1S/C20H20N4O3/c1-14(25)23-17-6-8-18(9-7-17)24-20(26)16(11-21)13-22-12-15-4-3-5-19(10-15)27-2/h3-10,13,22H,12H2,1-2H3,(H,23,25)(H,24,26)/b16-13-. The number of ether oxygens (including phenoxy) is 1. The summed E-state index contributed by atoms with van der Waals surface area (Å²) in [5, 5.41) is 17.4. The van der Waals surface area contributed by atoms with Gasteiger partial charge in [0, 0.05) is 31.0 Å². The first-order chi connectivity index (χ1) is 13.0. The van der Waals surface area contributed by atoms with Crippen LogP contribution in [0, 0.1) is 11.3 Å². The third-order valence-corrected chi connectivity index (χ3v) is 3.51. The van der Waals surface area contributed by atoms with Crippen LogP contribution in [0.2, 0.25) is 0 Å². The fourth-order valence-corrected chi connectivity index (χ4v) is 2.24. The van der Waals surface area contributed by atoms with E-state index in [1.807, 2.05) is 30.3 Å². The molecule has 3 N–H and O–H groups in total. The van der Waals surface area contributed by atoms with E-state index in [1.165, 1.54) is 13.1 Å². The van der Waals surface area contributed by atoms with Gasteiger partial charge >= 0.3 is 0 Å². The van der Waals surface area contributed by atoms with Gasteiger partial charge in [-0.15, -0.1) is 0 Å². The SMILES string of the molecule is COc1cccc(CN/C=C(/C#N)C(=O)Nc2ccc(NC(C)=O)cc2)c1. The van der Waals surface area contributed by atoms with Crippen LogP contribution < -0.4 is 20.7 Å². The first-order valence-electron chi connectivity index (χ1n) is 8.17. The first-order valence-corrected chi connectivity index (χ1v) is 8.17. The predicted octanol–water partition coefficient (Wildman–Crippen LogP) is 2.79. The summed E-state index contributed by atoms with van der Waals surface area (Å²) in [5.41, 5.74) is 2.04. The molecule has 0 heterocycles.